The van der Waals surface area contributed by atoms with Crippen LogP contribution in [0.3, 0.4) is 0 Å². The molecule has 3 aromatic rings. The predicted molar refractivity (Wildman–Crippen MR) is 124 cm³/mol. The van der Waals surface area contributed by atoms with Gasteiger partial charge in [-0.3, -0.25) is 9.59 Å². The van der Waals surface area contributed by atoms with Crippen molar-refractivity contribution in [2.24, 2.45) is 0 Å². The lowest BCUT2D eigenvalue weighted by Gasteiger charge is -2.31. The molecule has 0 spiro atoms. The molecule has 0 bridgehead atoms. The van der Waals surface area contributed by atoms with Crippen molar-refractivity contribution < 1.29 is 14.0 Å². The third kappa shape index (κ3) is 6.51. The Hall–Kier alpha value is -3.47. The number of nitrogens with zero attached hydrogens (tertiary/aromatic N) is 1. The topological polar surface area (TPSA) is 49.4 Å². The summed E-state index contributed by atoms with van der Waals surface area (Å²) in [5, 5.41) is 2.93. The van der Waals surface area contributed by atoms with Crippen molar-refractivity contribution in [1.29, 1.82) is 0 Å². The highest BCUT2D eigenvalue weighted by Crippen LogP contribution is 2.18. The first-order valence-electron chi connectivity index (χ1n) is 11.0. The van der Waals surface area contributed by atoms with Gasteiger partial charge >= 0.3 is 0 Å². The van der Waals surface area contributed by atoms with Gasteiger partial charge in [-0.05, 0) is 23.6 Å². The van der Waals surface area contributed by atoms with Crippen LogP contribution >= 0.6 is 0 Å². The first-order valence-corrected chi connectivity index (χ1v) is 11.0. The maximum absolute atomic E-state index is 14.5. The minimum absolute atomic E-state index is 0.0232. The molecule has 0 heterocycles. The fraction of sp³-hybridized carbons (Fsp3) is 0.259. The predicted octanol–water partition coefficient (Wildman–Crippen LogP) is 4.53. The Balaban J connectivity index is 1.95. The lowest BCUT2D eigenvalue weighted by molar-refractivity contribution is -0.140. The molecule has 4 nitrogen and oxygen atoms in total. The molecule has 2 amide bonds. The largest absolute Gasteiger partial charge is 0.354 e. The molecule has 166 valence electrons. The van der Waals surface area contributed by atoms with Gasteiger partial charge in [-0.15, -0.1) is 0 Å². The van der Waals surface area contributed by atoms with Gasteiger partial charge in [0.15, 0.2) is 0 Å². The van der Waals surface area contributed by atoms with Crippen LogP contribution in [0.25, 0.3) is 0 Å². The number of rotatable bonds is 10. The lowest BCUT2D eigenvalue weighted by atomic mass is 10.0. The third-order valence-electron chi connectivity index (χ3n) is 5.32. The number of carbonyl (C=O) groups is 2. The van der Waals surface area contributed by atoms with Crippen LogP contribution < -0.4 is 5.32 Å². The summed E-state index contributed by atoms with van der Waals surface area (Å²) in [6.45, 7) is 2.52. The van der Waals surface area contributed by atoms with E-state index in [2.05, 4.69) is 5.32 Å². The van der Waals surface area contributed by atoms with E-state index in [9.17, 15) is 14.0 Å². The number of halogens is 1. The number of nitrogens with one attached hydrogen (secondary N) is 1. The average Bonchev–Trinajstić information content (AvgIpc) is 2.82. The van der Waals surface area contributed by atoms with Gasteiger partial charge in [0.1, 0.15) is 11.9 Å². The van der Waals surface area contributed by atoms with Gasteiger partial charge in [-0.1, -0.05) is 85.8 Å². The molecular formula is C27H29FN2O2. The van der Waals surface area contributed by atoms with Crippen LogP contribution in [0.1, 0.15) is 30.0 Å². The van der Waals surface area contributed by atoms with Crippen LogP contribution in [-0.2, 0) is 29.0 Å². The second kappa shape index (κ2) is 11.8. The maximum Gasteiger partial charge on any atom is 0.243 e. The molecule has 1 N–H and O–H groups in total. The van der Waals surface area contributed by atoms with Crippen LogP contribution in [0.4, 0.5) is 4.39 Å². The van der Waals surface area contributed by atoms with Crippen molar-refractivity contribution in [2.75, 3.05) is 6.54 Å². The van der Waals surface area contributed by atoms with Crippen molar-refractivity contribution in [2.45, 2.75) is 38.8 Å². The maximum atomic E-state index is 14.5. The second-order valence-corrected chi connectivity index (χ2v) is 7.77. The van der Waals surface area contributed by atoms with E-state index < -0.39 is 11.9 Å². The van der Waals surface area contributed by atoms with Crippen LogP contribution in [0.2, 0.25) is 0 Å². The molecule has 0 aliphatic rings. The molecule has 3 rings (SSSR count). The number of hydrogen-bond acceptors (Lipinski definition) is 2. The van der Waals surface area contributed by atoms with Gasteiger partial charge in [-0.25, -0.2) is 4.39 Å². The number of carbonyl (C=O) groups excluding carboxylic acids is 2. The van der Waals surface area contributed by atoms with Gasteiger partial charge in [0.25, 0.3) is 0 Å². The normalized spacial score (nSPS) is 11.6. The van der Waals surface area contributed by atoms with E-state index in [1.807, 2.05) is 67.6 Å². The van der Waals surface area contributed by atoms with Gasteiger partial charge in [-0.2, -0.15) is 0 Å². The quantitative estimate of drug-likeness (QED) is 0.512. The molecule has 0 radical (unpaired) electrons. The Labute approximate surface area is 189 Å². The van der Waals surface area contributed by atoms with Crippen LogP contribution in [0, 0.1) is 5.82 Å². The number of benzene rings is 3. The molecule has 32 heavy (non-hydrogen) atoms. The van der Waals surface area contributed by atoms with E-state index in [4.69, 9.17) is 0 Å². The van der Waals surface area contributed by atoms with Crippen molar-refractivity contribution in [3.63, 3.8) is 0 Å². The molecule has 0 unspecified atom stereocenters. The van der Waals surface area contributed by atoms with Crippen molar-refractivity contribution in [3.8, 4) is 0 Å². The molecule has 0 saturated carbocycles. The van der Waals surface area contributed by atoms with E-state index in [0.29, 0.717) is 18.5 Å². The highest BCUT2D eigenvalue weighted by atomic mass is 19.1. The van der Waals surface area contributed by atoms with Gasteiger partial charge in [0.05, 0.1) is 6.42 Å². The molecule has 1 atom stereocenters. The second-order valence-electron chi connectivity index (χ2n) is 7.77. The fourth-order valence-electron chi connectivity index (χ4n) is 3.60. The summed E-state index contributed by atoms with van der Waals surface area (Å²) in [6.07, 6.45) is 1.28. The lowest BCUT2D eigenvalue weighted by Crippen LogP contribution is -2.51. The SMILES string of the molecule is CCCNC(=O)[C@H](Cc1ccccc1)N(Cc1ccccc1F)C(=O)Cc1ccccc1. The Bertz CT molecular complexity index is 1010. The zero-order chi connectivity index (χ0) is 22.8. The number of hydrogen-bond donors (Lipinski definition) is 1. The van der Waals surface area contributed by atoms with Gasteiger partial charge in [0.2, 0.25) is 11.8 Å². The molecule has 0 aromatic heterocycles. The van der Waals surface area contributed by atoms with E-state index in [0.717, 1.165) is 17.5 Å². The summed E-state index contributed by atoms with van der Waals surface area (Å²) >= 11 is 0. The van der Waals surface area contributed by atoms with Crippen LogP contribution in [-0.4, -0.2) is 29.3 Å². The molecule has 5 heteroatoms. The molecule has 0 saturated heterocycles. The third-order valence-corrected chi connectivity index (χ3v) is 5.32. The van der Waals surface area contributed by atoms with Gasteiger partial charge < -0.3 is 10.2 Å². The monoisotopic (exact) mass is 432 g/mol. The van der Waals surface area contributed by atoms with E-state index >= 15 is 0 Å². The highest BCUT2D eigenvalue weighted by molar-refractivity contribution is 5.88. The smallest absolute Gasteiger partial charge is 0.243 e. The van der Waals surface area contributed by atoms with E-state index in [1.54, 1.807) is 18.2 Å². The minimum Gasteiger partial charge on any atom is -0.354 e. The molecule has 0 aliphatic carbocycles. The Morgan fingerprint density at radius 2 is 1.47 bits per heavy atom. The Morgan fingerprint density at radius 3 is 2.09 bits per heavy atom. The Morgan fingerprint density at radius 1 is 0.875 bits per heavy atom. The van der Waals surface area contributed by atoms with E-state index in [-0.39, 0.29) is 24.8 Å². The first-order chi connectivity index (χ1) is 15.6. The van der Waals surface area contributed by atoms with Crippen molar-refractivity contribution >= 4 is 11.8 Å². The summed E-state index contributed by atoms with van der Waals surface area (Å²) in [6, 6.07) is 24.6. The molecule has 0 aliphatic heterocycles. The van der Waals surface area contributed by atoms with E-state index in [1.165, 1.54) is 11.0 Å². The summed E-state index contributed by atoms with van der Waals surface area (Å²) in [4.78, 5) is 28.2. The summed E-state index contributed by atoms with van der Waals surface area (Å²) < 4.78 is 14.5. The minimum atomic E-state index is -0.750. The average molecular weight is 433 g/mol. The zero-order valence-corrected chi connectivity index (χ0v) is 18.3. The summed E-state index contributed by atoms with van der Waals surface area (Å²) in [5.74, 6) is -0.835. The summed E-state index contributed by atoms with van der Waals surface area (Å²) in [7, 11) is 0. The fourth-order valence-corrected chi connectivity index (χ4v) is 3.60. The highest BCUT2D eigenvalue weighted by Gasteiger charge is 2.30. The van der Waals surface area contributed by atoms with Gasteiger partial charge in [0, 0.05) is 25.1 Å². The number of amides is 2. The van der Waals surface area contributed by atoms with Crippen LogP contribution in [0.5, 0.6) is 0 Å². The first kappa shape index (κ1) is 23.2. The molecule has 0 fully saturated rings. The molecule has 3 aromatic carbocycles. The Kier molecular flexibility index (Phi) is 8.55. The van der Waals surface area contributed by atoms with Crippen molar-refractivity contribution in [1.82, 2.24) is 10.2 Å². The van der Waals surface area contributed by atoms with Crippen LogP contribution in [0.15, 0.2) is 84.9 Å². The standard InChI is InChI=1S/C27H29FN2O2/c1-2-17-29-27(32)25(18-21-11-5-3-6-12-21)30(20-23-15-9-10-16-24(23)28)26(31)19-22-13-7-4-8-14-22/h3-16,25H,2,17-20H2,1H3,(H,29,32)/t25-/m0/s1. The molecular weight excluding hydrogens is 403 g/mol. The van der Waals surface area contributed by atoms with Crippen molar-refractivity contribution in [3.05, 3.63) is 107 Å². The summed E-state index contributed by atoms with van der Waals surface area (Å²) in [5.41, 5.74) is 2.17. The zero-order valence-electron chi connectivity index (χ0n) is 18.3.